The molecule has 0 spiro atoms. The van der Waals surface area contributed by atoms with Crippen molar-refractivity contribution in [3.05, 3.63) is 58.1 Å². The number of piperidine rings is 1. The van der Waals surface area contributed by atoms with Gasteiger partial charge in [-0.15, -0.1) is 0 Å². The molecule has 1 saturated heterocycles. The molecule has 2 aliphatic heterocycles. The van der Waals surface area contributed by atoms with Crippen LogP contribution in [0, 0.1) is 12.8 Å². The zero-order valence-electron chi connectivity index (χ0n) is 20.8. The highest BCUT2D eigenvalue weighted by Crippen LogP contribution is 2.28. The van der Waals surface area contributed by atoms with Gasteiger partial charge in [-0.3, -0.25) is 9.59 Å². The fourth-order valence-electron chi connectivity index (χ4n) is 5.14. The minimum Gasteiger partial charge on any atom is -0.469 e. The van der Waals surface area contributed by atoms with Crippen molar-refractivity contribution >= 4 is 40.9 Å². The van der Waals surface area contributed by atoms with Crippen molar-refractivity contribution in [2.75, 3.05) is 37.8 Å². The van der Waals surface area contributed by atoms with E-state index in [1.807, 2.05) is 42.2 Å². The summed E-state index contributed by atoms with van der Waals surface area (Å²) in [6.07, 6.45) is 2.59. The zero-order chi connectivity index (χ0) is 25.8. The van der Waals surface area contributed by atoms with Crippen LogP contribution in [0.3, 0.4) is 0 Å². The van der Waals surface area contributed by atoms with E-state index >= 15 is 0 Å². The lowest BCUT2D eigenvalue weighted by Gasteiger charge is -2.38. The summed E-state index contributed by atoms with van der Waals surface area (Å²) in [7, 11) is 1.33. The Hall–Kier alpha value is -3.26. The first-order valence-electron chi connectivity index (χ1n) is 12.3. The van der Waals surface area contributed by atoms with Gasteiger partial charge < -0.3 is 25.6 Å². The fourth-order valence-corrected chi connectivity index (χ4v) is 5.43. The number of carbonyl (C=O) groups is 3. The van der Waals surface area contributed by atoms with E-state index in [2.05, 4.69) is 5.32 Å². The second kappa shape index (κ2) is 11.2. The molecular formula is C27H33ClN4O4. The van der Waals surface area contributed by atoms with Crippen molar-refractivity contribution in [1.29, 1.82) is 0 Å². The molecule has 0 unspecified atom stereocenters. The molecule has 1 fully saturated rings. The predicted molar refractivity (Wildman–Crippen MR) is 140 cm³/mol. The SMILES string of the molecule is COC(=O)[C@H](CC(=O)N1CCC(N2CCc3ccccc3NC2=O)CC1)Cc1cc(C)c(N)c(Cl)c1. The number of benzene rings is 2. The number of urea groups is 1. The highest BCUT2D eigenvalue weighted by atomic mass is 35.5. The number of carbonyl (C=O) groups excluding carboxylic acids is 3. The molecule has 2 heterocycles. The minimum absolute atomic E-state index is 0.0535. The molecule has 3 amide bonds. The van der Waals surface area contributed by atoms with Gasteiger partial charge in [-0.1, -0.05) is 35.9 Å². The first-order chi connectivity index (χ1) is 17.3. The number of nitrogen functional groups attached to an aromatic ring is 1. The maximum Gasteiger partial charge on any atom is 0.322 e. The van der Waals surface area contributed by atoms with Crippen molar-refractivity contribution < 1.29 is 19.1 Å². The van der Waals surface area contributed by atoms with Crippen LogP contribution < -0.4 is 11.1 Å². The van der Waals surface area contributed by atoms with Gasteiger partial charge in [-0.25, -0.2) is 4.79 Å². The molecule has 3 N–H and O–H groups in total. The Kier molecular flexibility index (Phi) is 8.04. The van der Waals surface area contributed by atoms with Crippen LogP contribution in [0.1, 0.15) is 36.0 Å². The number of ether oxygens (including phenoxy) is 1. The molecule has 4 rings (SSSR count). The van der Waals surface area contributed by atoms with Crippen LogP contribution in [0.15, 0.2) is 36.4 Å². The molecule has 0 radical (unpaired) electrons. The molecule has 9 heteroatoms. The molecule has 0 aromatic heterocycles. The Balaban J connectivity index is 1.35. The van der Waals surface area contributed by atoms with Crippen molar-refractivity contribution in [3.63, 3.8) is 0 Å². The first kappa shape index (κ1) is 25.8. The van der Waals surface area contributed by atoms with Crippen LogP contribution in [0.2, 0.25) is 5.02 Å². The van der Waals surface area contributed by atoms with Crippen molar-refractivity contribution in [3.8, 4) is 0 Å². The molecule has 8 nitrogen and oxygen atoms in total. The lowest BCUT2D eigenvalue weighted by molar-refractivity contribution is -0.149. The van der Waals surface area contributed by atoms with Gasteiger partial charge in [0.2, 0.25) is 5.91 Å². The average molecular weight is 513 g/mol. The Morgan fingerprint density at radius 2 is 1.92 bits per heavy atom. The molecule has 192 valence electrons. The number of amides is 3. The van der Waals surface area contributed by atoms with Gasteiger partial charge in [-0.2, -0.15) is 0 Å². The van der Waals surface area contributed by atoms with Crippen LogP contribution in [-0.2, 0) is 27.2 Å². The van der Waals surface area contributed by atoms with Crippen molar-refractivity contribution in [1.82, 2.24) is 9.80 Å². The second-order valence-corrected chi connectivity index (χ2v) is 9.99. The number of rotatable bonds is 6. The van der Waals surface area contributed by atoms with E-state index in [1.165, 1.54) is 7.11 Å². The van der Waals surface area contributed by atoms with Crippen LogP contribution in [-0.4, -0.2) is 60.5 Å². The average Bonchev–Trinajstić information content (AvgIpc) is 3.04. The molecule has 0 aliphatic carbocycles. The van der Waals surface area contributed by atoms with Gasteiger partial charge in [0.15, 0.2) is 0 Å². The number of para-hydroxylation sites is 1. The third-order valence-electron chi connectivity index (χ3n) is 7.23. The lowest BCUT2D eigenvalue weighted by Crippen LogP contribution is -2.50. The number of anilines is 2. The number of nitrogens with two attached hydrogens (primary N) is 1. The van der Waals surface area contributed by atoms with Crippen LogP contribution in [0.4, 0.5) is 16.2 Å². The third kappa shape index (κ3) is 5.75. The van der Waals surface area contributed by atoms with E-state index in [0.29, 0.717) is 49.6 Å². The van der Waals surface area contributed by atoms with E-state index in [9.17, 15) is 14.4 Å². The molecule has 0 bridgehead atoms. The van der Waals surface area contributed by atoms with Crippen LogP contribution in [0.5, 0.6) is 0 Å². The zero-order valence-corrected chi connectivity index (χ0v) is 21.5. The molecule has 2 aromatic rings. The number of halogens is 1. The quantitative estimate of drug-likeness (QED) is 0.449. The largest absolute Gasteiger partial charge is 0.469 e. The summed E-state index contributed by atoms with van der Waals surface area (Å²) < 4.78 is 4.99. The summed E-state index contributed by atoms with van der Waals surface area (Å²) >= 11 is 6.22. The van der Waals surface area contributed by atoms with Gasteiger partial charge in [0, 0.05) is 37.8 Å². The van der Waals surface area contributed by atoms with E-state index in [0.717, 1.165) is 28.8 Å². The minimum atomic E-state index is -0.616. The molecular weight excluding hydrogens is 480 g/mol. The Morgan fingerprint density at radius 3 is 2.61 bits per heavy atom. The number of nitrogens with zero attached hydrogens (tertiary/aromatic N) is 2. The predicted octanol–water partition coefficient (Wildman–Crippen LogP) is 4.03. The van der Waals surface area contributed by atoms with Crippen LogP contribution in [0.25, 0.3) is 0 Å². The van der Waals surface area contributed by atoms with Gasteiger partial charge in [0.05, 0.1) is 23.7 Å². The first-order valence-corrected chi connectivity index (χ1v) is 12.7. The van der Waals surface area contributed by atoms with Gasteiger partial charge >= 0.3 is 12.0 Å². The maximum atomic E-state index is 13.1. The van der Waals surface area contributed by atoms with E-state index < -0.39 is 11.9 Å². The topological polar surface area (TPSA) is 105 Å². The van der Waals surface area contributed by atoms with Gasteiger partial charge in [0.25, 0.3) is 0 Å². The summed E-state index contributed by atoms with van der Waals surface area (Å²) in [5, 5.41) is 3.45. The second-order valence-electron chi connectivity index (χ2n) is 9.58. The normalized spacial score (nSPS) is 17.1. The standard InChI is InChI=1S/C27H33ClN4O4/c1-17-13-18(15-22(28)25(17)29)14-20(26(34)36-2)16-24(33)31-10-8-21(9-11-31)32-12-7-19-5-3-4-6-23(19)30-27(32)35/h3-6,13,15,20-21H,7-12,14,16,29H2,1-2H3,(H,30,35)/t20-/m0/s1. The summed E-state index contributed by atoms with van der Waals surface area (Å²) in [4.78, 5) is 42.2. The summed E-state index contributed by atoms with van der Waals surface area (Å²) in [5.41, 5.74) is 10.1. The highest BCUT2D eigenvalue weighted by molar-refractivity contribution is 6.33. The maximum absolute atomic E-state index is 13.1. The smallest absolute Gasteiger partial charge is 0.322 e. The Morgan fingerprint density at radius 1 is 1.19 bits per heavy atom. The summed E-state index contributed by atoms with van der Waals surface area (Å²) in [5.74, 6) is -1.13. The lowest BCUT2D eigenvalue weighted by atomic mass is 9.93. The number of hydrogen-bond acceptors (Lipinski definition) is 5. The molecule has 2 aliphatic rings. The number of methoxy groups -OCH3 is 1. The number of nitrogens with one attached hydrogen (secondary N) is 1. The number of hydrogen-bond donors (Lipinski definition) is 2. The van der Waals surface area contributed by atoms with Crippen molar-refractivity contribution in [2.24, 2.45) is 5.92 Å². The Bertz CT molecular complexity index is 1120. The summed E-state index contributed by atoms with van der Waals surface area (Å²) in [6, 6.07) is 11.5. The Labute approximate surface area is 216 Å². The highest BCUT2D eigenvalue weighted by Gasteiger charge is 2.33. The third-order valence-corrected chi connectivity index (χ3v) is 7.55. The molecule has 2 aromatic carbocycles. The van der Waals surface area contributed by atoms with E-state index in [1.54, 1.807) is 11.0 Å². The van der Waals surface area contributed by atoms with Gasteiger partial charge in [0.1, 0.15) is 0 Å². The number of aryl methyl sites for hydroxylation is 1. The molecule has 0 saturated carbocycles. The number of likely N-dealkylation sites (tertiary alicyclic amines) is 1. The summed E-state index contributed by atoms with van der Waals surface area (Å²) in [6.45, 7) is 3.59. The number of fused-ring (bicyclic) bond motifs is 1. The fraction of sp³-hybridized carbons (Fsp3) is 0.444. The molecule has 1 atom stereocenters. The van der Waals surface area contributed by atoms with E-state index in [-0.39, 0.29) is 24.4 Å². The molecule has 36 heavy (non-hydrogen) atoms. The monoisotopic (exact) mass is 512 g/mol. The van der Waals surface area contributed by atoms with Gasteiger partial charge in [-0.05, 0) is 61.4 Å². The van der Waals surface area contributed by atoms with E-state index in [4.69, 9.17) is 22.1 Å². The number of esters is 1. The van der Waals surface area contributed by atoms with Crippen LogP contribution >= 0.6 is 11.6 Å². The van der Waals surface area contributed by atoms with Crippen molar-refractivity contribution in [2.45, 2.75) is 45.1 Å².